The van der Waals surface area contributed by atoms with Crippen molar-refractivity contribution < 1.29 is 9.47 Å². The monoisotopic (exact) mass is 306 g/mol. The van der Waals surface area contributed by atoms with Crippen molar-refractivity contribution in [1.82, 2.24) is 10.3 Å². The van der Waals surface area contributed by atoms with E-state index in [2.05, 4.69) is 23.3 Å². The van der Waals surface area contributed by atoms with Gasteiger partial charge in [0, 0.05) is 4.88 Å². The highest BCUT2D eigenvalue weighted by Gasteiger charge is 2.19. The third-order valence-corrected chi connectivity index (χ3v) is 4.38. The number of aryl methyl sites for hydroxylation is 1. The van der Waals surface area contributed by atoms with E-state index < -0.39 is 0 Å². The molecule has 5 heteroatoms. The molecule has 0 aliphatic carbocycles. The summed E-state index contributed by atoms with van der Waals surface area (Å²) in [7, 11) is 3.31. The number of thiazole rings is 1. The Morgan fingerprint density at radius 3 is 2.57 bits per heavy atom. The lowest BCUT2D eigenvalue weighted by atomic mass is 10.0. The maximum absolute atomic E-state index is 5.41. The number of methoxy groups -OCH3 is 2. The van der Waals surface area contributed by atoms with Crippen LogP contribution < -0.4 is 14.8 Å². The van der Waals surface area contributed by atoms with E-state index in [0.717, 1.165) is 35.7 Å². The normalized spacial score (nSPS) is 12.2. The molecule has 0 saturated heterocycles. The van der Waals surface area contributed by atoms with E-state index in [9.17, 15) is 0 Å². The molecule has 1 N–H and O–H groups in total. The minimum absolute atomic E-state index is 0.136. The minimum atomic E-state index is 0.136. The van der Waals surface area contributed by atoms with E-state index in [1.54, 1.807) is 25.6 Å². The van der Waals surface area contributed by atoms with Crippen LogP contribution in [0.1, 0.15) is 35.5 Å². The summed E-state index contributed by atoms with van der Waals surface area (Å²) in [6.45, 7) is 5.17. The Hall–Kier alpha value is -1.59. The summed E-state index contributed by atoms with van der Waals surface area (Å²) in [6, 6.07) is 6.20. The third-order valence-electron chi connectivity index (χ3n) is 3.38. The molecule has 0 spiro atoms. The number of rotatable bonds is 7. The molecule has 0 saturated carbocycles. The van der Waals surface area contributed by atoms with Gasteiger partial charge in [0.1, 0.15) is 0 Å². The molecule has 0 bridgehead atoms. The SMILES string of the molecule is CCCNC(c1ccc(OC)c(OC)c1)c1scnc1C. The highest BCUT2D eigenvalue weighted by atomic mass is 32.1. The number of nitrogens with zero attached hydrogens (tertiary/aromatic N) is 1. The second kappa shape index (κ2) is 7.43. The Morgan fingerprint density at radius 1 is 1.24 bits per heavy atom. The molecule has 4 nitrogen and oxygen atoms in total. The third kappa shape index (κ3) is 3.54. The smallest absolute Gasteiger partial charge is 0.161 e. The molecule has 1 heterocycles. The fourth-order valence-corrected chi connectivity index (χ4v) is 3.17. The average molecular weight is 306 g/mol. The van der Waals surface area contributed by atoms with Gasteiger partial charge in [-0.1, -0.05) is 13.0 Å². The Labute approximate surface area is 130 Å². The summed E-state index contributed by atoms with van der Waals surface area (Å²) in [4.78, 5) is 5.62. The van der Waals surface area contributed by atoms with Gasteiger partial charge in [0.25, 0.3) is 0 Å². The molecule has 21 heavy (non-hydrogen) atoms. The van der Waals surface area contributed by atoms with Gasteiger partial charge >= 0.3 is 0 Å². The summed E-state index contributed by atoms with van der Waals surface area (Å²) in [5.41, 5.74) is 4.13. The van der Waals surface area contributed by atoms with Gasteiger partial charge in [-0.3, -0.25) is 0 Å². The quantitative estimate of drug-likeness (QED) is 0.849. The standard InChI is InChI=1S/C16H22N2O2S/c1-5-8-17-15(16-11(2)18-10-21-16)12-6-7-13(19-3)14(9-12)20-4/h6-7,9-10,15,17H,5,8H2,1-4H3. The van der Waals surface area contributed by atoms with Crippen LogP contribution in [0.4, 0.5) is 0 Å². The Kier molecular flexibility index (Phi) is 5.59. The summed E-state index contributed by atoms with van der Waals surface area (Å²) in [6.07, 6.45) is 1.08. The van der Waals surface area contributed by atoms with E-state index in [1.807, 2.05) is 24.6 Å². The molecule has 0 aliphatic heterocycles. The van der Waals surface area contributed by atoms with Gasteiger partial charge in [-0.25, -0.2) is 4.98 Å². The molecule has 0 amide bonds. The Balaban J connectivity index is 2.39. The van der Waals surface area contributed by atoms with Gasteiger partial charge in [0.05, 0.1) is 31.5 Å². The van der Waals surface area contributed by atoms with Crippen molar-refractivity contribution in [1.29, 1.82) is 0 Å². The molecule has 2 rings (SSSR count). The molecule has 0 fully saturated rings. The number of hydrogen-bond acceptors (Lipinski definition) is 5. The predicted octanol–water partition coefficient (Wildman–Crippen LogP) is 3.56. The van der Waals surface area contributed by atoms with Gasteiger partial charge < -0.3 is 14.8 Å². The molecule has 0 radical (unpaired) electrons. The van der Waals surface area contributed by atoms with Crippen molar-refractivity contribution in [2.24, 2.45) is 0 Å². The zero-order chi connectivity index (χ0) is 15.2. The van der Waals surface area contributed by atoms with Crippen molar-refractivity contribution in [2.75, 3.05) is 20.8 Å². The first-order valence-electron chi connectivity index (χ1n) is 7.06. The molecule has 1 atom stereocenters. The van der Waals surface area contributed by atoms with Gasteiger partial charge in [0.2, 0.25) is 0 Å². The molecule has 1 unspecified atom stereocenters. The van der Waals surface area contributed by atoms with E-state index in [1.165, 1.54) is 4.88 Å². The van der Waals surface area contributed by atoms with Crippen LogP contribution in [0, 0.1) is 6.92 Å². The van der Waals surface area contributed by atoms with E-state index in [4.69, 9.17) is 9.47 Å². The summed E-state index contributed by atoms with van der Waals surface area (Å²) in [5.74, 6) is 1.50. The number of ether oxygens (including phenoxy) is 2. The summed E-state index contributed by atoms with van der Waals surface area (Å²) < 4.78 is 10.7. The van der Waals surface area contributed by atoms with Crippen molar-refractivity contribution in [3.05, 3.63) is 39.8 Å². The fraction of sp³-hybridized carbons (Fsp3) is 0.438. The maximum atomic E-state index is 5.41. The molecule has 114 valence electrons. The van der Waals surface area contributed by atoms with Crippen molar-refractivity contribution in [3.63, 3.8) is 0 Å². The van der Waals surface area contributed by atoms with Crippen molar-refractivity contribution in [2.45, 2.75) is 26.3 Å². The second-order valence-electron chi connectivity index (χ2n) is 4.80. The maximum Gasteiger partial charge on any atom is 0.161 e. The first-order valence-corrected chi connectivity index (χ1v) is 7.94. The van der Waals surface area contributed by atoms with E-state index >= 15 is 0 Å². The molecule has 2 aromatic rings. The number of aromatic nitrogens is 1. The fourth-order valence-electron chi connectivity index (χ4n) is 2.27. The zero-order valence-corrected chi connectivity index (χ0v) is 13.8. The first-order chi connectivity index (χ1) is 10.2. The van der Waals surface area contributed by atoms with Crippen molar-refractivity contribution in [3.8, 4) is 11.5 Å². The van der Waals surface area contributed by atoms with Crippen LogP contribution in [0.25, 0.3) is 0 Å². The highest BCUT2D eigenvalue weighted by molar-refractivity contribution is 7.09. The largest absolute Gasteiger partial charge is 0.493 e. The first kappa shape index (κ1) is 15.8. The lowest BCUT2D eigenvalue weighted by molar-refractivity contribution is 0.354. The lowest BCUT2D eigenvalue weighted by Crippen LogP contribution is -2.23. The minimum Gasteiger partial charge on any atom is -0.493 e. The Bertz CT molecular complexity index is 583. The van der Waals surface area contributed by atoms with Gasteiger partial charge in [-0.05, 0) is 37.6 Å². The van der Waals surface area contributed by atoms with Gasteiger partial charge in [-0.15, -0.1) is 11.3 Å². The number of nitrogens with one attached hydrogen (secondary N) is 1. The van der Waals surface area contributed by atoms with E-state index in [0.29, 0.717) is 0 Å². The molecular weight excluding hydrogens is 284 g/mol. The molecule has 1 aromatic heterocycles. The van der Waals surface area contributed by atoms with Crippen LogP contribution in [-0.4, -0.2) is 25.7 Å². The molecule has 0 aliphatic rings. The van der Waals surface area contributed by atoms with Crippen LogP contribution in [0.3, 0.4) is 0 Å². The number of benzene rings is 1. The summed E-state index contributed by atoms with van der Waals surface area (Å²) in [5, 5.41) is 3.59. The lowest BCUT2D eigenvalue weighted by Gasteiger charge is -2.20. The molecular formula is C16H22N2O2S. The van der Waals surface area contributed by atoms with Gasteiger partial charge in [0.15, 0.2) is 11.5 Å². The van der Waals surface area contributed by atoms with Gasteiger partial charge in [-0.2, -0.15) is 0 Å². The second-order valence-corrected chi connectivity index (χ2v) is 5.69. The van der Waals surface area contributed by atoms with Crippen molar-refractivity contribution >= 4 is 11.3 Å². The highest BCUT2D eigenvalue weighted by Crippen LogP contribution is 2.34. The average Bonchev–Trinajstić information content (AvgIpc) is 2.93. The van der Waals surface area contributed by atoms with E-state index in [-0.39, 0.29) is 6.04 Å². The summed E-state index contributed by atoms with van der Waals surface area (Å²) >= 11 is 1.68. The number of hydrogen-bond donors (Lipinski definition) is 1. The van der Waals surface area contributed by atoms with Crippen LogP contribution in [-0.2, 0) is 0 Å². The predicted molar refractivity (Wildman–Crippen MR) is 86.5 cm³/mol. The van der Waals surface area contributed by atoms with Crippen LogP contribution >= 0.6 is 11.3 Å². The van der Waals surface area contributed by atoms with Crippen LogP contribution in [0.2, 0.25) is 0 Å². The topological polar surface area (TPSA) is 43.4 Å². The zero-order valence-electron chi connectivity index (χ0n) is 13.0. The van der Waals surface area contributed by atoms with Crippen LogP contribution in [0.15, 0.2) is 23.7 Å². The molecule has 1 aromatic carbocycles. The van der Waals surface area contributed by atoms with Crippen LogP contribution in [0.5, 0.6) is 11.5 Å². The Morgan fingerprint density at radius 2 is 2.00 bits per heavy atom.